The quantitative estimate of drug-likeness (QED) is 0.679. The van der Waals surface area contributed by atoms with Crippen LogP contribution in [0.4, 0.5) is 0 Å². The summed E-state index contributed by atoms with van der Waals surface area (Å²) in [5.74, 6) is 0.759. The second-order valence-corrected chi connectivity index (χ2v) is 5.61. The Morgan fingerprint density at radius 3 is 2.50 bits per heavy atom. The molecule has 0 bridgehead atoms. The molecule has 0 aliphatic rings. The number of rotatable bonds is 4. The normalized spacial score (nSPS) is 11.3. The van der Waals surface area contributed by atoms with Gasteiger partial charge in [0.15, 0.2) is 0 Å². The maximum absolute atomic E-state index is 8.81. The molecule has 0 fully saturated rings. The molecule has 0 radical (unpaired) electrons. The fourth-order valence-electron chi connectivity index (χ4n) is 2.19. The van der Waals surface area contributed by atoms with Gasteiger partial charge in [-0.05, 0) is 35.8 Å². The Morgan fingerprint density at radius 2 is 1.88 bits per heavy atom. The highest BCUT2D eigenvalue weighted by Gasteiger charge is 2.11. The smallest absolute Gasteiger partial charge is 0.269 e. The molecule has 3 aromatic rings. The molecular formula is C19H14ClN3O. The van der Waals surface area contributed by atoms with Crippen molar-refractivity contribution in [2.24, 2.45) is 0 Å². The Kier molecular flexibility index (Phi) is 4.74. The average molecular weight is 336 g/mol. The first kappa shape index (κ1) is 16.0. The van der Waals surface area contributed by atoms with Crippen molar-refractivity contribution in [2.75, 3.05) is 0 Å². The van der Waals surface area contributed by atoms with E-state index in [1.165, 1.54) is 5.56 Å². The number of nitriles is 1. The molecule has 0 saturated heterocycles. The highest BCUT2D eigenvalue weighted by atomic mass is 35.5. The van der Waals surface area contributed by atoms with E-state index in [4.69, 9.17) is 21.4 Å². The van der Waals surface area contributed by atoms with E-state index < -0.39 is 0 Å². The highest BCUT2D eigenvalue weighted by Crippen LogP contribution is 2.24. The molecule has 0 amide bonds. The second-order valence-electron chi connectivity index (χ2n) is 5.20. The van der Waals surface area contributed by atoms with Crippen LogP contribution in [0, 0.1) is 11.3 Å². The molecule has 3 rings (SSSR count). The Hall–Kier alpha value is -2.90. The van der Waals surface area contributed by atoms with Crippen LogP contribution in [0.25, 0.3) is 22.5 Å². The van der Waals surface area contributed by atoms with E-state index in [0.717, 1.165) is 17.5 Å². The van der Waals surface area contributed by atoms with Crippen molar-refractivity contribution in [3.63, 3.8) is 0 Å². The average Bonchev–Trinajstić information content (AvgIpc) is 3.13. The molecule has 2 aromatic carbocycles. The number of hydrogen-bond donors (Lipinski definition) is 0. The Labute approximate surface area is 145 Å². The van der Waals surface area contributed by atoms with Crippen LogP contribution in [0.5, 0.6) is 0 Å². The number of halogens is 1. The number of hydrogen-bond acceptors (Lipinski definition) is 4. The number of aryl methyl sites for hydroxylation is 1. The van der Waals surface area contributed by atoms with Crippen LogP contribution < -0.4 is 0 Å². The van der Waals surface area contributed by atoms with Crippen molar-refractivity contribution in [3.05, 3.63) is 71.1 Å². The summed E-state index contributed by atoms with van der Waals surface area (Å²) in [6.45, 7) is 2.11. The van der Waals surface area contributed by atoms with E-state index in [1.54, 1.807) is 18.2 Å². The van der Waals surface area contributed by atoms with Gasteiger partial charge in [0.1, 0.15) is 5.03 Å². The summed E-state index contributed by atoms with van der Waals surface area (Å²) in [6, 6.07) is 17.2. The number of benzene rings is 2. The van der Waals surface area contributed by atoms with Crippen molar-refractivity contribution in [3.8, 4) is 17.5 Å². The lowest BCUT2D eigenvalue weighted by Crippen LogP contribution is -1.84. The van der Waals surface area contributed by atoms with Crippen LogP contribution in [-0.4, -0.2) is 10.1 Å². The van der Waals surface area contributed by atoms with Gasteiger partial charge in [0.05, 0.1) is 11.6 Å². The molecule has 0 aliphatic heterocycles. The summed E-state index contributed by atoms with van der Waals surface area (Å²) in [5, 5.41) is 13.1. The largest absolute Gasteiger partial charge is 0.333 e. The Bertz CT molecular complexity index is 903. The fraction of sp³-hybridized carbons (Fsp3) is 0.105. The van der Waals surface area contributed by atoms with E-state index in [2.05, 4.69) is 23.1 Å². The predicted octanol–water partition coefficient (Wildman–Crippen LogP) is 4.91. The maximum Gasteiger partial charge on any atom is 0.269 e. The molecule has 0 saturated carbocycles. The minimum absolute atomic E-state index is 0.260. The highest BCUT2D eigenvalue weighted by molar-refractivity contribution is 6.50. The molecule has 4 nitrogen and oxygen atoms in total. The molecule has 1 heterocycles. The maximum atomic E-state index is 8.81. The molecule has 0 unspecified atom stereocenters. The van der Waals surface area contributed by atoms with Gasteiger partial charge in [-0.25, -0.2) is 0 Å². The molecule has 1 aromatic heterocycles. The zero-order valence-electron chi connectivity index (χ0n) is 13.0. The van der Waals surface area contributed by atoms with Crippen molar-refractivity contribution >= 4 is 22.7 Å². The summed E-state index contributed by atoms with van der Waals surface area (Å²) >= 11 is 6.26. The van der Waals surface area contributed by atoms with Crippen LogP contribution in [0.15, 0.2) is 53.1 Å². The third-order valence-electron chi connectivity index (χ3n) is 3.58. The molecule has 118 valence electrons. The molecule has 0 spiro atoms. The van der Waals surface area contributed by atoms with Gasteiger partial charge < -0.3 is 4.52 Å². The van der Waals surface area contributed by atoms with Crippen molar-refractivity contribution in [1.29, 1.82) is 5.26 Å². The fourth-order valence-corrected chi connectivity index (χ4v) is 2.39. The molecule has 0 N–H and O–H groups in total. The first-order valence-corrected chi connectivity index (χ1v) is 7.88. The van der Waals surface area contributed by atoms with Crippen molar-refractivity contribution in [1.82, 2.24) is 10.1 Å². The summed E-state index contributed by atoms with van der Waals surface area (Å²) in [4.78, 5) is 4.34. The van der Waals surface area contributed by atoms with Gasteiger partial charge in [-0.2, -0.15) is 10.2 Å². The van der Waals surface area contributed by atoms with Gasteiger partial charge in [-0.1, -0.05) is 60.1 Å². The van der Waals surface area contributed by atoms with Gasteiger partial charge in [-0.15, -0.1) is 0 Å². The third kappa shape index (κ3) is 3.53. The summed E-state index contributed by atoms with van der Waals surface area (Å²) < 4.78 is 5.24. The lowest BCUT2D eigenvalue weighted by Gasteiger charge is -1.97. The van der Waals surface area contributed by atoms with Crippen LogP contribution in [0.2, 0.25) is 0 Å². The molecule has 0 atom stereocenters. The SMILES string of the molecule is CCc1ccc(-c2noc(/C(Cl)=C/c3ccc(C#N)cc3)n2)cc1. The summed E-state index contributed by atoms with van der Waals surface area (Å²) in [6.07, 6.45) is 2.71. The van der Waals surface area contributed by atoms with Crippen LogP contribution >= 0.6 is 11.6 Å². The minimum Gasteiger partial charge on any atom is -0.333 e. The standard InChI is InChI=1S/C19H14ClN3O/c1-2-13-7-9-16(10-8-13)18-22-19(24-23-18)17(20)11-14-3-5-15(12-21)6-4-14/h3-11H,2H2,1H3/b17-11-. The lowest BCUT2D eigenvalue weighted by atomic mass is 10.1. The Morgan fingerprint density at radius 1 is 1.17 bits per heavy atom. The van der Waals surface area contributed by atoms with Crippen molar-refractivity contribution < 1.29 is 4.52 Å². The molecular weight excluding hydrogens is 322 g/mol. The van der Waals surface area contributed by atoms with E-state index in [1.807, 2.05) is 36.4 Å². The summed E-state index contributed by atoms with van der Waals surface area (Å²) in [5.41, 5.74) is 3.58. The molecule has 0 aliphatic carbocycles. The zero-order valence-corrected chi connectivity index (χ0v) is 13.8. The monoisotopic (exact) mass is 335 g/mol. The van der Waals surface area contributed by atoms with Crippen molar-refractivity contribution in [2.45, 2.75) is 13.3 Å². The van der Waals surface area contributed by atoms with Crippen LogP contribution in [-0.2, 0) is 6.42 Å². The summed E-state index contributed by atoms with van der Waals surface area (Å²) in [7, 11) is 0. The van der Waals surface area contributed by atoms with Gasteiger partial charge in [0.2, 0.25) is 5.82 Å². The lowest BCUT2D eigenvalue weighted by molar-refractivity contribution is 0.410. The van der Waals surface area contributed by atoms with E-state index in [0.29, 0.717) is 16.4 Å². The minimum atomic E-state index is 0.260. The van der Waals surface area contributed by atoms with Gasteiger partial charge >= 0.3 is 0 Å². The topological polar surface area (TPSA) is 62.7 Å². The van der Waals surface area contributed by atoms with E-state index in [-0.39, 0.29) is 5.89 Å². The van der Waals surface area contributed by atoms with Crippen LogP contribution in [0.1, 0.15) is 29.5 Å². The number of aromatic nitrogens is 2. The first-order chi connectivity index (χ1) is 11.7. The van der Waals surface area contributed by atoms with Gasteiger partial charge in [-0.3, -0.25) is 0 Å². The van der Waals surface area contributed by atoms with Gasteiger partial charge in [0.25, 0.3) is 5.89 Å². The Balaban J connectivity index is 1.83. The zero-order chi connectivity index (χ0) is 16.9. The predicted molar refractivity (Wildman–Crippen MR) is 94.0 cm³/mol. The molecule has 24 heavy (non-hydrogen) atoms. The second kappa shape index (κ2) is 7.12. The first-order valence-electron chi connectivity index (χ1n) is 7.50. The third-order valence-corrected chi connectivity index (χ3v) is 3.85. The van der Waals surface area contributed by atoms with E-state index >= 15 is 0 Å². The number of nitrogens with zero attached hydrogens (tertiary/aromatic N) is 3. The molecule has 5 heteroatoms. The van der Waals surface area contributed by atoms with Gasteiger partial charge in [0, 0.05) is 5.56 Å². The van der Waals surface area contributed by atoms with E-state index in [9.17, 15) is 0 Å². The van der Waals surface area contributed by atoms with Crippen LogP contribution in [0.3, 0.4) is 0 Å².